The van der Waals surface area contributed by atoms with Crippen molar-refractivity contribution >= 4 is 28.7 Å². The SMILES string of the molecule is O=C(S)Oc1ccc2ccccc2c1. The van der Waals surface area contributed by atoms with E-state index in [2.05, 4.69) is 12.6 Å². The average Bonchev–Trinajstić information content (AvgIpc) is 2.17. The second-order valence-electron chi connectivity index (χ2n) is 2.88. The number of ether oxygens (including phenoxy) is 1. The van der Waals surface area contributed by atoms with Crippen molar-refractivity contribution in [3.63, 3.8) is 0 Å². The molecule has 0 spiro atoms. The molecule has 0 aliphatic rings. The van der Waals surface area contributed by atoms with E-state index in [0.717, 1.165) is 10.8 Å². The Labute approximate surface area is 86.9 Å². The van der Waals surface area contributed by atoms with Crippen molar-refractivity contribution in [2.75, 3.05) is 0 Å². The maximum atomic E-state index is 10.6. The fourth-order valence-electron chi connectivity index (χ4n) is 1.33. The van der Waals surface area contributed by atoms with E-state index in [0.29, 0.717) is 5.75 Å². The molecule has 0 N–H and O–H groups in total. The molecule has 14 heavy (non-hydrogen) atoms. The number of benzene rings is 2. The molecule has 0 amide bonds. The maximum absolute atomic E-state index is 10.6. The van der Waals surface area contributed by atoms with Crippen molar-refractivity contribution in [3.8, 4) is 5.75 Å². The first-order chi connectivity index (χ1) is 6.75. The molecule has 3 heteroatoms. The van der Waals surface area contributed by atoms with Gasteiger partial charge in [-0.25, -0.2) is 4.79 Å². The molecule has 0 saturated heterocycles. The van der Waals surface area contributed by atoms with E-state index in [-0.39, 0.29) is 0 Å². The molecule has 0 radical (unpaired) electrons. The predicted molar refractivity (Wildman–Crippen MR) is 59.0 cm³/mol. The van der Waals surface area contributed by atoms with Crippen LogP contribution in [0.25, 0.3) is 10.8 Å². The number of hydrogen-bond acceptors (Lipinski definition) is 2. The van der Waals surface area contributed by atoms with Crippen LogP contribution in [-0.4, -0.2) is 5.30 Å². The van der Waals surface area contributed by atoms with Crippen LogP contribution < -0.4 is 4.74 Å². The molecule has 0 aliphatic carbocycles. The van der Waals surface area contributed by atoms with Gasteiger partial charge in [-0.2, -0.15) is 0 Å². The van der Waals surface area contributed by atoms with Crippen molar-refractivity contribution in [2.45, 2.75) is 0 Å². The van der Waals surface area contributed by atoms with Crippen LogP contribution in [0.15, 0.2) is 42.5 Å². The van der Waals surface area contributed by atoms with Crippen LogP contribution in [-0.2, 0) is 0 Å². The Bertz CT molecular complexity index is 479. The van der Waals surface area contributed by atoms with E-state index >= 15 is 0 Å². The van der Waals surface area contributed by atoms with Gasteiger partial charge < -0.3 is 4.74 Å². The highest BCUT2D eigenvalue weighted by Crippen LogP contribution is 2.20. The van der Waals surface area contributed by atoms with Gasteiger partial charge in [0.1, 0.15) is 5.75 Å². The molecule has 70 valence electrons. The number of carbonyl (C=O) groups excluding carboxylic acids is 1. The summed E-state index contributed by atoms with van der Waals surface area (Å²) in [4.78, 5) is 10.6. The van der Waals surface area contributed by atoms with E-state index in [1.54, 1.807) is 6.07 Å². The Kier molecular flexibility index (Phi) is 2.41. The molecule has 0 aromatic heterocycles. The molecule has 0 atom stereocenters. The molecule has 0 aliphatic heterocycles. The normalized spacial score (nSPS) is 10.1. The Morgan fingerprint density at radius 1 is 1.07 bits per heavy atom. The molecule has 0 unspecified atom stereocenters. The zero-order chi connectivity index (χ0) is 9.97. The minimum absolute atomic E-state index is 0.517. The zero-order valence-corrected chi connectivity index (χ0v) is 8.20. The highest BCUT2D eigenvalue weighted by molar-refractivity contribution is 7.96. The number of thiol groups is 1. The third-order valence-corrected chi connectivity index (χ3v) is 2.02. The van der Waals surface area contributed by atoms with Gasteiger partial charge in [0.05, 0.1) is 0 Å². The molecular formula is C11H8O2S. The summed E-state index contributed by atoms with van der Waals surface area (Å²) >= 11 is 3.54. The first kappa shape index (κ1) is 9.09. The molecule has 2 aromatic rings. The van der Waals surface area contributed by atoms with E-state index in [4.69, 9.17) is 4.74 Å². The smallest absolute Gasteiger partial charge is 0.369 e. The second-order valence-corrected chi connectivity index (χ2v) is 3.24. The quantitative estimate of drug-likeness (QED) is 0.570. The van der Waals surface area contributed by atoms with Crippen LogP contribution in [0, 0.1) is 0 Å². The maximum Gasteiger partial charge on any atom is 0.369 e. The van der Waals surface area contributed by atoms with Crippen molar-refractivity contribution in [2.24, 2.45) is 0 Å². The predicted octanol–water partition coefficient (Wildman–Crippen LogP) is 3.27. The summed E-state index contributed by atoms with van der Waals surface area (Å²) in [5, 5.41) is 1.56. The minimum Gasteiger partial charge on any atom is -0.419 e. The summed E-state index contributed by atoms with van der Waals surface area (Å²) in [5.74, 6) is 0.517. The number of rotatable bonds is 1. The summed E-state index contributed by atoms with van der Waals surface area (Å²) in [7, 11) is 0. The summed E-state index contributed by atoms with van der Waals surface area (Å²) in [6.45, 7) is 0. The first-order valence-electron chi connectivity index (χ1n) is 4.15. The molecule has 2 aromatic carbocycles. The number of fused-ring (bicyclic) bond motifs is 1. The van der Waals surface area contributed by atoms with Gasteiger partial charge in [-0.05, 0) is 22.9 Å². The highest BCUT2D eigenvalue weighted by atomic mass is 32.1. The second kappa shape index (κ2) is 3.72. The number of carbonyl (C=O) groups is 1. The average molecular weight is 204 g/mol. The van der Waals surface area contributed by atoms with Crippen molar-refractivity contribution in [1.29, 1.82) is 0 Å². The van der Waals surface area contributed by atoms with Crippen LogP contribution in [0.3, 0.4) is 0 Å². The lowest BCUT2D eigenvalue weighted by atomic mass is 10.1. The van der Waals surface area contributed by atoms with Gasteiger partial charge in [-0.15, -0.1) is 0 Å². The van der Waals surface area contributed by atoms with Crippen LogP contribution in [0.5, 0.6) is 5.75 Å². The molecule has 0 bridgehead atoms. The van der Waals surface area contributed by atoms with E-state index in [1.807, 2.05) is 36.4 Å². The largest absolute Gasteiger partial charge is 0.419 e. The van der Waals surface area contributed by atoms with Crippen molar-refractivity contribution in [3.05, 3.63) is 42.5 Å². The Morgan fingerprint density at radius 3 is 2.50 bits per heavy atom. The summed E-state index contributed by atoms with van der Waals surface area (Å²) in [6, 6.07) is 13.3. The Hall–Kier alpha value is -1.48. The van der Waals surface area contributed by atoms with Gasteiger partial charge in [-0.1, -0.05) is 43.0 Å². The fraction of sp³-hybridized carbons (Fsp3) is 0. The molecule has 0 saturated carbocycles. The summed E-state index contributed by atoms with van der Waals surface area (Å²) in [6.07, 6.45) is 0. The van der Waals surface area contributed by atoms with Gasteiger partial charge in [0.2, 0.25) is 0 Å². The molecule has 2 nitrogen and oxygen atoms in total. The van der Waals surface area contributed by atoms with Crippen molar-refractivity contribution in [1.82, 2.24) is 0 Å². The third kappa shape index (κ3) is 1.88. The molecule has 0 heterocycles. The lowest BCUT2D eigenvalue weighted by Crippen LogP contribution is -1.95. The number of hydrogen-bond donors (Lipinski definition) is 1. The molecule has 2 rings (SSSR count). The minimum atomic E-state index is -0.597. The van der Waals surface area contributed by atoms with Crippen LogP contribution in [0.1, 0.15) is 0 Å². The first-order valence-corrected chi connectivity index (χ1v) is 4.60. The van der Waals surface area contributed by atoms with Gasteiger partial charge >= 0.3 is 5.30 Å². The summed E-state index contributed by atoms with van der Waals surface area (Å²) < 4.78 is 4.85. The van der Waals surface area contributed by atoms with E-state index in [9.17, 15) is 4.79 Å². The van der Waals surface area contributed by atoms with Gasteiger partial charge in [0.15, 0.2) is 0 Å². The van der Waals surface area contributed by atoms with Crippen molar-refractivity contribution < 1.29 is 9.53 Å². The zero-order valence-electron chi connectivity index (χ0n) is 7.31. The Balaban J connectivity index is 2.46. The van der Waals surface area contributed by atoms with Gasteiger partial charge in [-0.3, -0.25) is 0 Å². The summed E-state index contributed by atoms with van der Waals surface area (Å²) in [5.41, 5.74) is 0. The third-order valence-electron chi connectivity index (χ3n) is 1.93. The lowest BCUT2D eigenvalue weighted by Gasteiger charge is -2.01. The monoisotopic (exact) mass is 204 g/mol. The molecule has 0 fully saturated rings. The van der Waals surface area contributed by atoms with Crippen LogP contribution in [0.4, 0.5) is 4.79 Å². The lowest BCUT2D eigenvalue weighted by molar-refractivity contribution is 0.227. The topological polar surface area (TPSA) is 26.3 Å². The van der Waals surface area contributed by atoms with E-state index < -0.39 is 5.30 Å². The van der Waals surface area contributed by atoms with E-state index in [1.165, 1.54) is 0 Å². The van der Waals surface area contributed by atoms with Gasteiger partial charge in [0.25, 0.3) is 0 Å². The fourth-order valence-corrected chi connectivity index (χ4v) is 1.44. The standard InChI is InChI=1S/C11H8O2S/c12-11(14)13-10-6-5-8-3-1-2-4-9(8)7-10/h1-7H,(H,12,14). The van der Waals surface area contributed by atoms with Crippen LogP contribution >= 0.6 is 12.6 Å². The Morgan fingerprint density at radius 2 is 1.79 bits per heavy atom. The van der Waals surface area contributed by atoms with Gasteiger partial charge in [0, 0.05) is 0 Å². The molecular weight excluding hydrogens is 196 g/mol. The van der Waals surface area contributed by atoms with Crippen LogP contribution in [0.2, 0.25) is 0 Å². The highest BCUT2D eigenvalue weighted by Gasteiger charge is 1.99.